The predicted molar refractivity (Wildman–Crippen MR) is 139 cm³/mol. The first-order valence-electron chi connectivity index (χ1n) is 10.8. The van der Waals surface area contributed by atoms with Crippen molar-refractivity contribution in [1.29, 1.82) is 0 Å². The molecule has 3 aromatic rings. The minimum Gasteiger partial charge on any atom is -0.497 e. The standard InChI is InChI=1S/C25H26ClFN2O4S2/c1-33-23-11-13-24(14-12-23)35(31,32)29(22-9-5-20(26)6-10-22)17-25(30)28-15-2-16-34-18-19-3-7-21(27)8-4-19/h3-14H,2,15-18H2,1H3,(H,28,30). The van der Waals surface area contributed by atoms with E-state index in [2.05, 4.69) is 5.32 Å². The Balaban J connectivity index is 1.59. The molecule has 10 heteroatoms. The van der Waals surface area contributed by atoms with E-state index in [1.165, 1.54) is 31.4 Å². The number of amides is 1. The number of carbonyl (C=O) groups is 1. The summed E-state index contributed by atoms with van der Waals surface area (Å²) in [6, 6.07) is 18.6. The molecule has 0 aromatic heterocycles. The van der Waals surface area contributed by atoms with Gasteiger partial charge in [-0.2, -0.15) is 11.8 Å². The first-order chi connectivity index (χ1) is 16.8. The molecular weight excluding hydrogens is 511 g/mol. The van der Waals surface area contributed by atoms with E-state index >= 15 is 0 Å². The number of nitrogens with zero attached hydrogens (tertiary/aromatic N) is 1. The fourth-order valence-electron chi connectivity index (χ4n) is 3.16. The third kappa shape index (κ3) is 7.88. The van der Waals surface area contributed by atoms with E-state index in [4.69, 9.17) is 16.3 Å². The second kappa shape index (κ2) is 12.8. The zero-order valence-electron chi connectivity index (χ0n) is 19.1. The highest BCUT2D eigenvalue weighted by atomic mass is 35.5. The maximum absolute atomic E-state index is 13.4. The van der Waals surface area contributed by atoms with Crippen molar-refractivity contribution in [3.8, 4) is 5.75 Å². The van der Waals surface area contributed by atoms with Crippen LogP contribution in [0.4, 0.5) is 10.1 Å². The van der Waals surface area contributed by atoms with Crippen LogP contribution in [0.5, 0.6) is 5.75 Å². The van der Waals surface area contributed by atoms with Crippen LogP contribution in [-0.4, -0.2) is 40.3 Å². The molecule has 0 fully saturated rings. The van der Waals surface area contributed by atoms with E-state index in [-0.39, 0.29) is 17.3 Å². The van der Waals surface area contributed by atoms with E-state index in [1.807, 2.05) is 0 Å². The van der Waals surface area contributed by atoms with Gasteiger partial charge in [-0.25, -0.2) is 12.8 Å². The average molecular weight is 537 g/mol. The van der Waals surface area contributed by atoms with E-state index in [0.717, 1.165) is 21.4 Å². The molecule has 186 valence electrons. The lowest BCUT2D eigenvalue weighted by Crippen LogP contribution is -2.41. The molecule has 0 bridgehead atoms. The van der Waals surface area contributed by atoms with Gasteiger partial charge in [0.05, 0.1) is 17.7 Å². The summed E-state index contributed by atoms with van der Waals surface area (Å²) < 4.78 is 45.9. The van der Waals surface area contributed by atoms with Gasteiger partial charge in [-0.3, -0.25) is 9.10 Å². The maximum Gasteiger partial charge on any atom is 0.264 e. The summed E-state index contributed by atoms with van der Waals surface area (Å²) in [7, 11) is -2.52. The summed E-state index contributed by atoms with van der Waals surface area (Å²) in [5.41, 5.74) is 1.36. The molecule has 3 aromatic carbocycles. The predicted octanol–water partition coefficient (Wildman–Crippen LogP) is 5.12. The molecular formula is C25H26ClFN2O4S2. The number of thioether (sulfide) groups is 1. The number of methoxy groups -OCH3 is 1. The van der Waals surface area contributed by atoms with Crippen molar-refractivity contribution >= 4 is 45.0 Å². The Morgan fingerprint density at radius 1 is 1.03 bits per heavy atom. The molecule has 0 unspecified atom stereocenters. The van der Waals surface area contributed by atoms with Crippen molar-refractivity contribution in [2.45, 2.75) is 17.1 Å². The lowest BCUT2D eigenvalue weighted by molar-refractivity contribution is -0.119. The number of halogens is 2. The van der Waals surface area contributed by atoms with Gasteiger partial charge in [0.15, 0.2) is 0 Å². The molecule has 1 N–H and O–H groups in total. The number of nitrogens with one attached hydrogen (secondary N) is 1. The number of anilines is 1. The topological polar surface area (TPSA) is 75.7 Å². The molecule has 0 heterocycles. The van der Waals surface area contributed by atoms with E-state index < -0.39 is 15.9 Å². The third-order valence-electron chi connectivity index (χ3n) is 5.02. The number of benzene rings is 3. The monoisotopic (exact) mass is 536 g/mol. The Bertz CT molecular complexity index is 1210. The highest BCUT2D eigenvalue weighted by molar-refractivity contribution is 7.98. The lowest BCUT2D eigenvalue weighted by Gasteiger charge is -2.24. The van der Waals surface area contributed by atoms with Crippen molar-refractivity contribution in [3.63, 3.8) is 0 Å². The SMILES string of the molecule is COc1ccc(S(=O)(=O)N(CC(=O)NCCCSCc2ccc(F)cc2)c2ccc(Cl)cc2)cc1. The summed E-state index contributed by atoms with van der Waals surface area (Å²) in [5, 5.41) is 3.24. The number of carbonyl (C=O) groups excluding carboxylic acids is 1. The van der Waals surface area contributed by atoms with Gasteiger partial charge >= 0.3 is 0 Å². The van der Waals surface area contributed by atoms with Crippen LogP contribution in [0.2, 0.25) is 5.02 Å². The van der Waals surface area contributed by atoms with E-state index in [9.17, 15) is 17.6 Å². The lowest BCUT2D eigenvalue weighted by atomic mass is 10.2. The molecule has 1 amide bonds. The van der Waals surface area contributed by atoms with Crippen LogP contribution in [0, 0.1) is 5.82 Å². The molecule has 0 radical (unpaired) electrons. The van der Waals surface area contributed by atoms with Gasteiger partial charge in [-0.1, -0.05) is 23.7 Å². The van der Waals surface area contributed by atoms with Gasteiger partial charge in [0, 0.05) is 17.3 Å². The third-order valence-corrected chi connectivity index (χ3v) is 8.17. The summed E-state index contributed by atoms with van der Waals surface area (Å²) in [6.45, 7) is 0.0327. The van der Waals surface area contributed by atoms with Crippen LogP contribution in [0.15, 0.2) is 77.7 Å². The second-order valence-electron chi connectivity index (χ2n) is 7.55. The molecule has 0 aliphatic carbocycles. The fourth-order valence-corrected chi connectivity index (χ4v) is 5.62. The van der Waals surface area contributed by atoms with Crippen molar-refractivity contribution in [2.24, 2.45) is 0 Å². The van der Waals surface area contributed by atoms with Gasteiger partial charge in [0.1, 0.15) is 18.1 Å². The van der Waals surface area contributed by atoms with Gasteiger partial charge in [0.25, 0.3) is 10.0 Å². The van der Waals surface area contributed by atoms with Crippen molar-refractivity contribution in [1.82, 2.24) is 5.32 Å². The molecule has 6 nitrogen and oxygen atoms in total. The molecule has 0 spiro atoms. The average Bonchev–Trinajstić information content (AvgIpc) is 2.86. The number of ether oxygens (including phenoxy) is 1. The first kappa shape index (κ1) is 26.8. The van der Waals surface area contributed by atoms with Crippen LogP contribution >= 0.6 is 23.4 Å². The Hall–Kier alpha value is -2.75. The summed E-state index contributed by atoms with van der Waals surface area (Å²) in [5.74, 6) is 1.39. The summed E-state index contributed by atoms with van der Waals surface area (Å²) in [4.78, 5) is 12.7. The zero-order valence-corrected chi connectivity index (χ0v) is 21.5. The normalized spacial score (nSPS) is 11.2. The zero-order chi connectivity index (χ0) is 25.3. The first-order valence-corrected chi connectivity index (χ1v) is 13.8. The Morgan fingerprint density at radius 3 is 2.31 bits per heavy atom. The van der Waals surface area contributed by atoms with Crippen LogP contribution in [0.3, 0.4) is 0 Å². The molecule has 0 saturated carbocycles. The van der Waals surface area contributed by atoms with Gasteiger partial charge in [0.2, 0.25) is 5.91 Å². The molecule has 0 aliphatic heterocycles. The Kier molecular flexibility index (Phi) is 9.83. The molecule has 0 atom stereocenters. The van der Waals surface area contributed by atoms with Crippen molar-refractivity contribution < 1.29 is 22.3 Å². The number of rotatable bonds is 12. The van der Waals surface area contributed by atoms with Crippen LogP contribution < -0.4 is 14.4 Å². The maximum atomic E-state index is 13.4. The van der Waals surface area contributed by atoms with Crippen LogP contribution in [0.1, 0.15) is 12.0 Å². The summed E-state index contributed by atoms with van der Waals surface area (Å²) >= 11 is 7.64. The van der Waals surface area contributed by atoms with E-state index in [0.29, 0.717) is 29.4 Å². The van der Waals surface area contributed by atoms with Crippen molar-refractivity contribution in [2.75, 3.05) is 30.3 Å². The molecule has 3 rings (SSSR count). The van der Waals surface area contributed by atoms with Crippen molar-refractivity contribution in [3.05, 3.63) is 89.2 Å². The second-order valence-corrected chi connectivity index (χ2v) is 11.0. The molecule has 35 heavy (non-hydrogen) atoms. The van der Waals surface area contributed by atoms with Gasteiger partial charge < -0.3 is 10.1 Å². The van der Waals surface area contributed by atoms with Crippen LogP contribution in [-0.2, 0) is 20.6 Å². The number of hydrogen-bond acceptors (Lipinski definition) is 5. The number of sulfonamides is 1. The highest BCUT2D eigenvalue weighted by Gasteiger charge is 2.27. The highest BCUT2D eigenvalue weighted by Crippen LogP contribution is 2.26. The smallest absolute Gasteiger partial charge is 0.264 e. The Labute approximate surface area is 214 Å². The number of hydrogen-bond donors (Lipinski definition) is 1. The fraction of sp³-hybridized carbons (Fsp3) is 0.240. The minimum atomic E-state index is -4.02. The minimum absolute atomic E-state index is 0.0400. The molecule has 0 aliphatic rings. The largest absolute Gasteiger partial charge is 0.497 e. The van der Waals surface area contributed by atoms with Gasteiger partial charge in [-0.15, -0.1) is 0 Å². The quantitative estimate of drug-likeness (QED) is 0.325. The Morgan fingerprint density at radius 2 is 1.69 bits per heavy atom. The molecule has 0 saturated heterocycles. The van der Waals surface area contributed by atoms with Gasteiger partial charge in [-0.05, 0) is 78.4 Å². The van der Waals surface area contributed by atoms with E-state index in [1.54, 1.807) is 60.3 Å². The van der Waals surface area contributed by atoms with Crippen LogP contribution in [0.25, 0.3) is 0 Å². The summed E-state index contributed by atoms with van der Waals surface area (Å²) in [6.07, 6.45) is 0.712.